The number of aromatic nitrogens is 7. The van der Waals surface area contributed by atoms with Crippen molar-refractivity contribution in [1.82, 2.24) is 39.2 Å². The predicted octanol–water partition coefficient (Wildman–Crippen LogP) is 2.93. The summed E-state index contributed by atoms with van der Waals surface area (Å²) in [5.74, 6) is -1.84. The van der Waals surface area contributed by atoms with Gasteiger partial charge in [0.25, 0.3) is 12.3 Å². The SMILES string of the molecule is Cn1nc(C(F)F)nc1C(=O)N1CCc2[nH]cnc2C1c1cc2c(C(F)(F)F)cccn2n1. The maximum atomic E-state index is 13.5. The van der Waals surface area contributed by atoms with Crippen molar-refractivity contribution >= 4 is 11.4 Å². The maximum Gasteiger partial charge on any atom is 0.418 e. The van der Waals surface area contributed by atoms with E-state index in [4.69, 9.17) is 0 Å². The minimum atomic E-state index is -4.61. The molecule has 0 radical (unpaired) electrons. The molecule has 1 N–H and O–H groups in total. The number of fused-ring (bicyclic) bond motifs is 2. The number of pyridine rings is 1. The fourth-order valence-corrected chi connectivity index (χ4v) is 4.01. The number of carbonyl (C=O) groups is 1. The smallest absolute Gasteiger partial charge is 0.348 e. The third-order valence-corrected chi connectivity index (χ3v) is 5.46. The lowest BCUT2D eigenvalue weighted by molar-refractivity contribution is -0.136. The summed E-state index contributed by atoms with van der Waals surface area (Å²) in [6.45, 7) is 0.134. The first-order valence-corrected chi connectivity index (χ1v) is 9.73. The Morgan fingerprint density at radius 1 is 1.27 bits per heavy atom. The fraction of sp³-hybridized carbons (Fsp3) is 0.316. The van der Waals surface area contributed by atoms with Gasteiger partial charge in [0.15, 0.2) is 0 Å². The Balaban J connectivity index is 1.63. The van der Waals surface area contributed by atoms with Gasteiger partial charge >= 0.3 is 6.18 Å². The molecule has 1 unspecified atom stereocenters. The standard InChI is InChI=1S/C19H15F5N8O/c1-30-17(27-16(29-30)15(20)21)18(33)31-6-4-10-13(26-8-25-10)14(31)11-7-12-9(19(22,23)24)3-2-5-32(12)28-11/h2-3,5,7-8,14-15H,4,6H2,1H3,(H,25,26). The summed E-state index contributed by atoms with van der Waals surface area (Å²) in [6, 6.07) is 2.46. The van der Waals surface area contributed by atoms with Crippen molar-refractivity contribution in [3.05, 3.63) is 65.0 Å². The average molecular weight is 466 g/mol. The summed E-state index contributed by atoms with van der Waals surface area (Å²) >= 11 is 0. The lowest BCUT2D eigenvalue weighted by Gasteiger charge is -2.33. The van der Waals surface area contributed by atoms with Gasteiger partial charge in [-0.1, -0.05) is 0 Å². The molecular weight excluding hydrogens is 451 g/mol. The number of rotatable bonds is 3. The first kappa shape index (κ1) is 21.0. The van der Waals surface area contributed by atoms with Crippen molar-refractivity contribution in [2.24, 2.45) is 7.05 Å². The lowest BCUT2D eigenvalue weighted by Crippen LogP contribution is -2.42. The summed E-state index contributed by atoms with van der Waals surface area (Å²) < 4.78 is 68.6. The van der Waals surface area contributed by atoms with Crippen molar-refractivity contribution in [3.8, 4) is 0 Å². The van der Waals surface area contributed by atoms with E-state index in [0.29, 0.717) is 17.8 Å². The number of hydrogen-bond donors (Lipinski definition) is 1. The van der Waals surface area contributed by atoms with Gasteiger partial charge in [-0.15, -0.1) is 5.10 Å². The summed E-state index contributed by atoms with van der Waals surface area (Å²) in [6.07, 6.45) is -4.42. The number of imidazole rings is 1. The van der Waals surface area contributed by atoms with Gasteiger partial charge in [-0.25, -0.2) is 27.9 Å². The van der Waals surface area contributed by atoms with E-state index >= 15 is 0 Å². The molecule has 0 aromatic carbocycles. The Morgan fingerprint density at radius 3 is 2.76 bits per heavy atom. The van der Waals surface area contributed by atoms with Crippen LogP contribution in [-0.2, 0) is 19.6 Å². The maximum absolute atomic E-state index is 13.5. The number of amides is 1. The first-order chi connectivity index (χ1) is 15.6. The van der Waals surface area contributed by atoms with Gasteiger partial charge in [0.05, 0.1) is 28.8 Å². The van der Waals surface area contributed by atoms with Crippen LogP contribution in [-0.4, -0.2) is 51.7 Å². The minimum Gasteiger partial charge on any atom is -0.348 e. The van der Waals surface area contributed by atoms with Crippen LogP contribution in [0.4, 0.5) is 22.0 Å². The van der Waals surface area contributed by atoms with Crippen molar-refractivity contribution in [2.45, 2.75) is 25.1 Å². The highest BCUT2D eigenvalue weighted by atomic mass is 19.4. The van der Waals surface area contributed by atoms with Gasteiger partial charge in [-0.05, 0) is 18.2 Å². The van der Waals surface area contributed by atoms with Gasteiger partial charge in [-0.3, -0.25) is 4.79 Å². The summed E-state index contributed by atoms with van der Waals surface area (Å²) in [7, 11) is 1.31. The molecule has 0 fully saturated rings. The summed E-state index contributed by atoms with van der Waals surface area (Å²) in [4.78, 5) is 25.5. The predicted molar refractivity (Wildman–Crippen MR) is 101 cm³/mol. The van der Waals surface area contributed by atoms with E-state index in [1.807, 2.05) is 0 Å². The van der Waals surface area contributed by atoms with Gasteiger partial charge in [-0.2, -0.15) is 18.3 Å². The van der Waals surface area contributed by atoms with E-state index < -0.39 is 35.9 Å². The molecule has 172 valence electrons. The molecule has 4 aromatic heterocycles. The molecule has 1 atom stereocenters. The molecule has 9 nitrogen and oxygen atoms in total. The number of H-pyrrole nitrogens is 1. The van der Waals surface area contributed by atoms with Crippen LogP contribution in [0.25, 0.3) is 5.52 Å². The zero-order valence-electron chi connectivity index (χ0n) is 16.9. The van der Waals surface area contributed by atoms with Crippen molar-refractivity contribution in [2.75, 3.05) is 6.54 Å². The monoisotopic (exact) mass is 466 g/mol. The molecule has 0 saturated heterocycles. The van der Waals surface area contributed by atoms with E-state index in [-0.39, 0.29) is 23.6 Å². The van der Waals surface area contributed by atoms with Crippen LogP contribution in [0.15, 0.2) is 30.7 Å². The molecular formula is C19H15F5N8O. The largest absolute Gasteiger partial charge is 0.418 e. The topological polar surface area (TPSA) is 97.0 Å². The second kappa shape index (κ2) is 7.35. The van der Waals surface area contributed by atoms with E-state index in [0.717, 1.165) is 15.3 Å². The Morgan fingerprint density at radius 2 is 2.06 bits per heavy atom. The number of nitrogens with one attached hydrogen (secondary N) is 1. The third-order valence-electron chi connectivity index (χ3n) is 5.46. The van der Waals surface area contributed by atoms with E-state index in [1.165, 1.54) is 36.6 Å². The molecule has 0 aliphatic carbocycles. The number of nitrogens with zero attached hydrogens (tertiary/aromatic N) is 7. The Kier molecular flexibility index (Phi) is 4.68. The fourth-order valence-electron chi connectivity index (χ4n) is 4.01. The number of aromatic amines is 1. The Bertz CT molecular complexity index is 1350. The van der Waals surface area contributed by atoms with E-state index in [1.54, 1.807) is 0 Å². The van der Waals surface area contributed by atoms with Crippen LogP contribution in [0.2, 0.25) is 0 Å². The number of halogens is 5. The molecule has 5 rings (SSSR count). The van der Waals surface area contributed by atoms with Crippen LogP contribution in [0.3, 0.4) is 0 Å². The Labute approximate surface area is 181 Å². The van der Waals surface area contributed by atoms with Gasteiger partial charge in [0, 0.05) is 31.9 Å². The number of carbonyl (C=O) groups excluding carboxylic acids is 1. The second-order valence-corrected chi connectivity index (χ2v) is 7.45. The van der Waals surface area contributed by atoms with Crippen molar-refractivity contribution in [1.29, 1.82) is 0 Å². The van der Waals surface area contributed by atoms with E-state index in [2.05, 4.69) is 25.1 Å². The summed E-state index contributed by atoms with van der Waals surface area (Å²) in [5.41, 5.74) is 0.179. The second-order valence-electron chi connectivity index (χ2n) is 7.45. The highest BCUT2D eigenvalue weighted by molar-refractivity contribution is 5.91. The first-order valence-electron chi connectivity index (χ1n) is 9.73. The van der Waals surface area contributed by atoms with Gasteiger partial charge in [0.2, 0.25) is 11.6 Å². The molecule has 4 aromatic rings. The highest BCUT2D eigenvalue weighted by Gasteiger charge is 2.39. The third kappa shape index (κ3) is 3.41. The minimum absolute atomic E-state index is 0.134. The molecule has 0 spiro atoms. The van der Waals surface area contributed by atoms with E-state index in [9.17, 15) is 26.7 Å². The normalized spacial score (nSPS) is 16.6. The molecule has 1 amide bonds. The lowest BCUT2D eigenvalue weighted by atomic mass is 9.99. The number of aryl methyl sites for hydroxylation is 1. The van der Waals surface area contributed by atoms with Crippen molar-refractivity contribution < 1.29 is 26.7 Å². The molecule has 1 aliphatic rings. The molecule has 33 heavy (non-hydrogen) atoms. The van der Waals surface area contributed by atoms with Crippen LogP contribution in [0, 0.1) is 0 Å². The Hall–Kier alpha value is -3.84. The average Bonchev–Trinajstić information content (AvgIpc) is 3.48. The van der Waals surface area contributed by atoms with Crippen molar-refractivity contribution in [3.63, 3.8) is 0 Å². The number of hydrogen-bond acceptors (Lipinski definition) is 5. The molecule has 5 heterocycles. The van der Waals surface area contributed by atoms with Gasteiger partial charge < -0.3 is 9.88 Å². The van der Waals surface area contributed by atoms with Crippen LogP contribution >= 0.6 is 0 Å². The van der Waals surface area contributed by atoms with Crippen LogP contribution < -0.4 is 0 Å². The zero-order chi connectivity index (χ0) is 23.5. The highest BCUT2D eigenvalue weighted by Crippen LogP contribution is 2.37. The molecule has 14 heteroatoms. The molecule has 0 bridgehead atoms. The van der Waals surface area contributed by atoms with Crippen LogP contribution in [0.5, 0.6) is 0 Å². The van der Waals surface area contributed by atoms with Crippen LogP contribution in [0.1, 0.15) is 51.6 Å². The molecule has 1 aliphatic heterocycles. The van der Waals surface area contributed by atoms with Gasteiger partial charge in [0.1, 0.15) is 6.04 Å². The summed E-state index contributed by atoms with van der Waals surface area (Å²) in [5, 5.41) is 7.85. The quantitative estimate of drug-likeness (QED) is 0.469. The number of alkyl halides is 5. The zero-order valence-corrected chi connectivity index (χ0v) is 16.9. The molecule has 0 saturated carbocycles.